The van der Waals surface area contributed by atoms with E-state index in [1.165, 1.54) is 0 Å². The zero-order chi connectivity index (χ0) is 14.7. The number of aliphatic hydroxyl groups excluding tert-OH is 1. The first-order valence-corrected chi connectivity index (χ1v) is 7.29. The van der Waals surface area contributed by atoms with Gasteiger partial charge in [0.25, 0.3) is 0 Å². The summed E-state index contributed by atoms with van der Waals surface area (Å²) >= 11 is 3.46. The minimum absolute atomic E-state index is 0.415. The van der Waals surface area contributed by atoms with Crippen LogP contribution in [-0.4, -0.2) is 16.2 Å². The highest BCUT2D eigenvalue weighted by atomic mass is 79.9. The lowest BCUT2D eigenvalue weighted by atomic mass is 10.1. The van der Waals surface area contributed by atoms with Crippen LogP contribution in [0.2, 0.25) is 0 Å². The molecule has 1 atom stereocenters. The van der Waals surface area contributed by atoms with Crippen LogP contribution in [0, 0.1) is 6.92 Å². The first-order valence-electron chi connectivity index (χ1n) is 6.49. The zero-order valence-corrected chi connectivity index (χ0v) is 14.2. The third kappa shape index (κ3) is 6.92. The number of halogens is 1. The average Bonchev–Trinajstić information content (AvgIpc) is 2.38. The Morgan fingerprint density at radius 2 is 1.83 bits per heavy atom. The third-order valence-electron chi connectivity index (χ3n) is 2.17. The number of hydrogen-bond acceptors (Lipinski definition) is 2. The van der Waals surface area contributed by atoms with Crippen molar-refractivity contribution in [2.75, 3.05) is 0 Å². The van der Waals surface area contributed by atoms with E-state index < -0.39 is 6.10 Å². The highest BCUT2D eigenvalue weighted by Gasteiger charge is 2.04. The molecule has 0 aliphatic heterocycles. The van der Waals surface area contributed by atoms with Gasteiger partial charge in [-0.2, -0.15) is 0 Å². The number of aliphatic hydroxyl groups is 1. The van der Waals surface area contributed by atoms with Gasteiger partial charge in [0.1, 0.15) is 0 Å². The maximum atomic E-state index is 9.36. The molecule has 104 valence electrons. The van der Waals surface area contributed by atoms with Crippen LogP contribution in [0.1, 0.15) is 52.8 Å². The molecule has 1 N–H and O–H groups in total. The number of rotatable bonds is 2. The van der Waals surface area contributed by atoms with Gasteiger partial charge in [-0.15, -0.1) is 0 Å². The smallest absolute Gasteiger partial charge is 0.0722 e. The van der Waals surface area contributed by atoms with Crippen LogP contribution in [0.3, 0.4) is 0 Å². The summed E-state index contributed by atoms with van der Waals surface area (Å²) in [6.07, 6.45) is 3.30. The van der Waals surface area contributed by atoms with Crippen LogP contribution >= 0.6 is 15.9 Å². The lowest BCUT2D eigenvalue weighted by Crippen LogP contribution is -2.01. The quantitative estimate of drug-likeness (QED) is 0.834. The van der Waals surface area contributed by atoms with Crippen LogP contribution in [0.5, 0.6) is 0 Å². The van der Waals surface area contributed by atoms with Crippen LogP contribution in [0.15, 0.2) is 22.3 Å². The molecule has 0 bridgehead atoms. The van der Waals surface area contributed by atoms with E-state index in [9.17, 15) is 5.11 Å². The SMILES string of the molecule is C/C(=C\c1c(Br)ccnc1C)C(C)O.CC.CC. The molecule has 0 saturated heterocycles. The summed E-state index contributed by atoms with van der Waals surface area (Å²) in [5.41, 5.74) is 2.92. The molecule has 0 fully saturated rings. The van der Waals surface area contributed by atoms with E-state index in [0.717, 1.165) is 21.3 Å². The largest absolute Gasteiger partial charge is 0.389 e. The first-order chi connectivity index (χ1) is 8.52. The number of aromatic nitrogens is 1. The summed E-state index contributed by atoms with van der Waals surface area (Å²) in [4.78, 5) is 4.20. The van der Waals surface area contributed by atoms with Gasteiger partial charge in [0, 0.05) is 21.9 Å². The maximum absolute atomic E-state index is 9.36. The van der Waals surface area contributed by atoms with Gasteiger partial charge in [-0.25, -0.2) is 0 Å². The van der Waals surface area contributed by atoms with Gasteiger partial charge in [-0.05, 0) is 32.4 Å². The van der Waals surface area contributed by atoms with Crippen molar-refractivity contribution < 1.29 is 5.11 Å². The fourth-order valence-corrected chi connectivity index (χ4v) is 1.59. The second-order valence-electron chi connectivity index (χ2n) is 3.36. The van der Waals surface area contributed by atoms with Crippen LogP contribution < -0.4 is 0 Å². The molecular weight excluding hydrogens is 290 g/mol. The van der Waals surface area contributed by atoms with Gasteiger partial charge in [0.05, 0.1) is 6.10 Å². The van der Waals surface area contributed by atoms with Gasteiger partial charge < -0.3 is 5.11 Å². The van der Waals surface area contributed by atoms with Crippen molar-refractivity contribution in [3.05, 3.63) is 33.6 Å². The summed E-state index contributed by atoms with van der Waals surface area (Å²) in [5, 5.41) is 9.36. The summed E-state index contributed by atoms with van der Waals surface area (Å²) < 4.78 is 1.00. The van der Waals surface area contributed by atoms with E-state index in [1.54, 1.807) is 13.1 Å². The number of pyridine rings is 1. The summed E-state index contributed by atoms with van der Waals surface area (Å²) in [6, 6.07) is 1.90. The Morgan fingerprint density at radius 3 is 2.22 bits per heavy atom. The van der Waals surface area contributed by atoms with E-state index >= 15 is 0 Å². The molecule has 2 nitrogen and oxygen atoms in total. The maximum Gasteiger partial charge on any atom is 0.0722 e. The molecule has 0 amide bonds. The fourth-order valence-electron chi connectivity index (χ4n) is 1.07. The van der Waals surface area contributed by atoms with Crippen molar-refractivity contribution in [1.82, 2.24) is 4.98 Å². The summed E-state index contributed by atoms with van der Waals surface area (Å²) in [5.74, 6) is 0. The van der Waals surface area contributed by atoms with Crippen LogP contribution in [0.25, 0.3) is 6.08 Å². The van der Waals surface area contributed by atoms with Gasteiger partial charge in [-0.1, -0.05) is 49.7 Å². The zero-order valence-electron chi connectivity index (χ0n) is 12.6. The molecule has 18 heavy (non-hydrogen) atoms. The number of aryl methyl sites for hydroxylation is 1. The van der Waals surface area contributed by atoms with Gasteiger partial charge in [0.15, 0.2) is 0 Å². The molecule has 0 aromatic carbocycles. The highest BCUT2D eigenvalue weighted by Crippen LogP contribution is 2.21. The molecule has 0 saturated carbocycles. The Kier molecular flexibility index (Phi) is 12.5. The molecule has 0 spiro atoms. The Balaban J connectivity index is 0. The van der Waals surface area contributed by atoms with Crippen molar-refractivity contribution in [2.45, 2.75) is 54.6 Å². The predicted molar refractivity (Wildman–Crippen MR) is 84.7 cm³/mol. The average molecular weight is 316 g/mol. The van der Waals surface area contributed by atoms with Gasteiger partial charge in [0.2, 0.25) is 0 Å². The molecule has 1 aromatic heterocycles. The molecule has 1 unspecified atom stereocenters. The predicted octanol–water partition coefficient (Wildman–Crippen LogP) is 4.99. The van der Waals surface area contributed by atoms with Crippen molar-refractivity contribution >= 4 is 22.0 Å². The van der Waals surface area contributed by atoms with Crippen molar-refractivity contribution in [1.29, 1.82) is 0 Å². The third-order valence-corrected chi connectivity index (χ3v) is 2.86. The standard InChI is InChI=1S/C11H14BrNO.2C2H6/c1-7(9(3)14)6-10-8(2)13-5-4-11(10)12;2*1-2/h4-6,9,14H,1-3H3;2*1-2H3/b7-6+;;. The molecule has 0 aliphatic rings. The van der Waals surface area contributed by atoms with Crippen molar-refractivity contribution in [3.63, 3.8) is 0 Å². The Morgan fingerprint density at radius 1 is 1.33 bits per heavy atom. The van der Waals surface area contributed by atoms with E-state index in [0.29, 0.717) is 0 Å². The lowest BCUT2D eigenvalue weighted by molar-refractivity contribution is 0.232. The molecule has 1 aromatic rings. The Bertz CT molecular complexity index is 339. The molecule has 0 radical (unpaired) electrons. The fraction of sp³-hybridized carbons (Fsp3) is 0.533. The second kappa shape index (κ2) is 11.4. The second-order valence-corrected chi connectivity index (χ2v) is 4.21. The molecule has 3 heteroatoms. The van der Waals surface area contributed by atoms with Crippen LogP contribution in [-0.2, 0) is 0 Å². The summed E-state index contributed by atoms with van der Waals surface area (Å²) in [6.45, 7) is 13.6. The number of hydrogen-bond donors (Lipinski definition) is 1. The van der Waals surface area contributed by atoms with Crippen molar-refractivity contribution in [2.24, 2.45) is 0 Å². The lowest BCUT2D eigenvalue weighted by Gasteiger charge is -2.07. The first kappa shape index (κ1) is 19.7. The van der Waals surface area contributed by atoms with E-state index in [-0.39, 0.29) is 0 Å². The Labute approximate surface area is 120 Å². The molecule has 1 heterocycles. The monoisotopic (exact) mass is 315 g/mol. The normalized spacial score (nSPS) is 11.7. The highest BCUT2D eigenvalue weighted by molar-refractivity contribution is 9.10. The minimum atomic E-state index is -0.415. The van der Waals surface area contributed by atoms with E-state index in [1.807, 2.05) is 53.7 Å². The summed E-state index contributed by atoms with van der Waals surface area (Å²) in [7, 11) is 0. The molecular formula is C15H26BrNO. The van der Waals surface area contributed by atoms with Gasteiger partial charge in [-0.3, -0.25) is 4.98 Å². The topological polar surface area (TPSA) is 33.1 Å². The van der Waals surface area contributed by atoms with Crippen molar-refractivity contribution in [3.8, 4) is 0 Å². The number of nitrogens with zero attached hydrogens (tertiary/aromatic N) is 1. The minimum Gasteiger partial charge on any atom is -0.389 e. The van der Waals surface area contributed by atoms with E-state index in [4.69, 9.17) is 0 Å². The Hall–Kier alpha value is -0.670. The molecule has 0 aliphatic carbocycles. The van der Waals surface area contributed by atoms with Gasteiger partial charge >= 0.3 is 0 Å². The van der Waals surface area contributed by atoms with Crippen LogP contribution in [0.4, 0.5) is 0 Å². The molecule has 1 rings (SSSR count). The van der Waals surface area contributed by atoms with E-state index in [2.05, 4.69) is 20.9 Å².